The van der Waals surface area contributed by atoms with Crippen molar-refractivity contribution < 1.29 is 0 Å². The molecule has 25 heavy (non-hydrogen) atoms. The predicted molar refractivity (Wildman–Crippen MR) is 107 cm³/mol. The molecule has 1 atom stereocenters. The van der Waals surface area contributed by atoms with E-state index in [1.807, 2.05) is 18.2 Å². The molecule has 0 radical (unpaired) electrons. The van der Waals surface area contributed by atoms with Gasteiger partial charge in [-0.15, -0.1) is 12.4 Å². The maximum Gasteiger partial charge on any atom is 0.0677 e. The molecule has 1 fully saturated rings. The first kappa shape index (κ1) is 20.2. The molecule has 0 bridgehead atoms. The number of likely N-dealkylation sites (tertiary alicyclic amines) is 1. The molecule has 2 N–H and O–H groups in total. The minimum absolute atomic E-state index is 0. The van der Waals surface area contributed by atoms with Gasteiger partial charge in [-0.05, 0) is 50.4 Å². The molecule has 1 saturated heterocycles. The van der Waals surface area contributed by atoms with Crippen LogP contribution in [-0.2, 0) is 13.1 Å². The summed E-state index contributed by atoms with van der Waals surface area (Å²) in [7, 11) is 0. The van der Waals surface area contributed by atoms with Crippen molar-refractivity contribution >= 4 is 24.0 Å². The SMILES string of the molecule is Cc1nn(Cc2ccccc2Cl)c(C)c1CN1CCC(C)(CN)C1.Cl. The van der Waals surface area contributed by atoms with Gasteiger partial charge >= 0.3 is 0 Å². The zero-order valence-electron chi connectivity index (χ0n) is 15.3. The van der Waals surface area contributed by atoms with Crippen molar-refractivity contribution in [3.63, 3.8) is 0 Å². The molecule has 0 amide bonds. The van der Waals surface area contributed by atoms with Gasteiger partial charge in [0.15, 0.2) is 0 Å². The fourth-order valence-electron chi connectivity index (χ4n) is 3.56. The zero-order valence-corrected chi connectivity index (χ0v) is 16.8. The largest absolute Gasteiger partial charge is 0.330 e. The minimum atomic E-state index is 0. The van der Waals surface area contributed by atoms with E-state index in [2.05, 4.69) is 36.4 Å². The molecule has 2 aromatic rings. The molecular formula is C19H28Cl2N4. The fourth-order valence-corrected chi connectivity index (χ4v) is 3.75. The number of nitrogens with two attached hydrogens (primary N) is 1. The molecule has 6 heteroatoms. The maximum atomic E-state index is 6.30. The van der Waals surface area contributed by atoms with E-state index in [9.17, 15) is 0 Å². The highest BCUT2D eigenvalue weighted by Crippen LogP contribution is 2.30. The van der Waals surface area contributed by atoms with E-state index in [0.29, 0.717) is 6.54 Å². The Labute approximate surface area is 161 Å². The van der Waals surface area contributed by atoms with Gasteiger partial charge in [-0.25, -0.2) is 0 Å². The normalized spacial score (nSPS) is 20.7. The summed E-state index contributed by atoms with van der Waals surface area (Å²) in [6.45, 7) is 11.2. The van der Waals surface area contributed by atoms with Gasteiger partial charge in [0.25, 0.3) is 0 Å². The van der Waals surface area contributed by atoms with Crippen LogP contribution in [0.3, 0.4) is 0 Å². The van der Waals surface area contributed by atoms with Crippen LogP contribution < -0.4 is 5.73 Å². The van der Waals surface area contributed by atoms with Crippen molar-refractivity contribution in [1.82, 2.24) is 14.7 Å². The average molecular weight is 383 g/mol. The lowest BCUT2D eigenvalue weighted by Gasteiger charge is -2.22. The first-order valence-corrected chi connectivity index (χ1v) is 8.98. The molecule has 2 heterocycles. The number of hydrogen-bond acceptors (Lipinski definition) is 3. The van der Waals surface area contributed by atoms with Gasteiger partial charge in [0, 0.05) is 29.4 Å². The fraction of sp³-hybridized carbons (Fsp3) is 0.526. The molecule has 3 rings (SSSR count). The number of aryl methyl sites for hydroxylation is 1. The summed E-state index contributed by atoms with van der Waals surface area (Å²) in [5.41, 5.74) is 11.0. The lowest BCUT2D eigenvalue weighted by atomic mass is 9.90. The van der Waals surface area contributed by atoms with E-state index in [-0.39, 0.29) is 17.8 Å². The van der Waals surface area contributed by atoms with Gasteiger partial charge in [-0.2, -0.15) is 5.10 Å². The summed E-state index contributed by atoms with van der Waals surface area (Å²) < 4.78 is 2.07. The number of nitrogens with zero attached hydrogens (tertiary/aromatic N) is 3. The number of hydrogen-bond donors (Lipinski definition) is 1. The van der Waals surface area contributed by atoms with Gasteiger partial charge in [-0.3, -0.25) is 9.58 Å². The Morgan fingerprint density at radius 3 is 2.60 bits per heavy atom. The summed E-state index contributed by atoms with van der Waals surface area (Å²) in [6, 6.07) is 7.97. The molecule has 0 spiro atoms. The third-order valence-electron chi connectivity index (χ3n) is 5.32. The molecule has 1 aliphatic rings. The lowest BCUT2D eigenvalue weighted by molar-refractivity contribution is 0.273. The Balaban J connectivity index is 0.00000225. The van der Waals surface area contributed by atoms with Crippen molar-refractivity contribution in [3.05, 3.63) is 51.8 Å². The number of rotatable bonds is 5. The third kappa shape index (κ3) is 4.37. The molecule has 4 nitrogen and oxygen atoms in total. The first-order chi connectivity index (χ1) is 11.4. The second kappa shape index (κ2) is 8.09. The molecule has 1 unspecified atom stereocenters. The Morgan fingerprint density at radius 2 is 1.96 bits per heavy atom. The molecule has 1 aliphatic heterocycles. The summed E-state index contributed by atoms with van der Waals surface area (Å²) in [6.07, 6.45) is 1.18. The van der Waals surface area contributed by atoms with E-state index in [1.54, 1.807) is 0 Å². The second-order valence-corrected chi connectivity index (χ2v) is 7.78. The van der Waals surface area contributed by atoms with Crippen molar-refractivity contribution in [3.8, 4) is 0 Å². The number of aromatic nitrogens is 2. The quantitative estimate of drug-likeness (QED) is 0.855. The highest BCUT2D eigenvalue weighted by Gasteiger charge is 2.33. The van der Waals surface area contributed by atoms with Crippen LogP contribution in [0, 0.1) is 19.3 Å². The molecule has 1 aromatic carbocycles. The van der Waals surface area contributed by atoms with Crippen LogP contribution in [-0.4, -0.2) is 34.3 Å². The van der Waals surface area contributed by atoms with Crippen LogP contribution in [0.25, 0.3) is 0 Å². The number of benzene rings is 1. The van der Waals surface area contributed by atoms with Crippen LogP contribution in [0.2, 0.25) is 5.02 Å². The maximum absolute atomic E-state index is 6.30. The number of halogens is 2. The monoisotopic (exact) mass is 382 g/mol. The highest BCUT2D eigenvalue weighted by atomic mass is 35.5. The van der Waals surface area contributed by atoms with Crippen molar-refractivity contribution in [2.24, 2.45) is 11.1 Å². The van der Waals surface area contributed by atoms with Gasteiger partial charge in [0.2, 0.25) is 0 Å². The Bertz CT molecular complexity index is 728. The molecular weight excluding hydrogens is 355 g/mol. The van der Waals surface area contributed by atoms with Gasteiger partial charge in [0.05, 0.1) is 12.2 Å². The van der Waals surface area contributed by atoms with Gasteiger partial charge in [-0.1, -0.05) is 36.7 Å². The summed E-state index contributed by atoms with van der Waals surface area (Å²) in [4.78, 5) is 2.50. The summed E-state index contributed by atoms with van der Waals surface area (Å²) >= 11 is 6.30. The molecule has 138 valence electrons. The molecule has 0 aliphatic carbocycles. The van der Waals surface area contributed by atoms with Gasteiger partial charge in [0.1, 0.15) is 0 Å². The van der Waals surface area contributed by atoms with Gasteiger partial charge < -0.3 is 5.73 Å². The Hall–Kier alpha value is -1.07. The van der Waals surface area contributed by atoms with E-state index < -0.39 is 0 Å². The van der Waals surface area contributed by atoms with Crippen molar-refractivity contribution in [2.75, 3.05) is 19.6 Å². The highest BCUT2D eigenvalue weighted by molar-refractivity contribution is 6.31. The predicted octanol–water partition coefficient (Wildman–Crippen LogP) is 3.79. The van der Waals surface area contributed by atoms with Crippen molar-refractivity contribution in [2.45, 2.75) is 40.3 Å². The van der Waals surface area contributed by atoms with E-state index in [1.165, 1.54) is 17.7 Å². The lowest BCUT2D eigenvalue weighted by Crippen LogP contribution is -2.31. The molecule has 1 aromatic heterocycles. The first-order valence-electron chi connectivity index (χ1n) is 8.60. The second-order valence-electron chi connectivity index (χ2n) is 7.37. The Kier molecular flexibility index (Phi) is 6.55. The van der Waals surface area contributed by atoms with Crippen LogP contribution in [0.4, 0.5) is 0 Å². The van der Waals surface area contributed by atoms with Crippen LogP contribution in [0.15, 0.2) is 24.3 Å². The van der Waals surface area contributed by atoms with Crippen LogP contribution in [0.5, 0.6) is 0 Å². The van der Waals surface area contributed by atoms with E-state index >= 15 is 0 Å². The summed E-state index contributed by atoms with van der Waals surface area (Å²) in [5, 5.41) is 5.55. The van der Waals surface area contributed by atoms with E-state index in [4.69, 9.17) is 22.4 Å². The van der Waals surface area contributed by atoms with E-state index in [0.717, 1.165) is 42.5 Å². The van der Waals surface area contributed by atoms with Crippen LogP contribution >= 0.6 is 24.0 Å². The average Bonchev–Trinajstić information content (AvgIpc) is 3.06. The molecule has 0 saturated carbocycles. The third-order valence-corrected chi connectivity index (χ3v) is 5.69. The minimum Gasteiger partial charge on any atom is -0.330 e. The van der Waals surface area contributed by atoms with Crippen molar-refractivity contribution in [1.29, 1.82) is 0 Å². The standard InChI is InChI=1S/C19H27ClN4.ClH/c1-14-17(11-23-9-8-19(3,12-21)13-23)15(2)24(22-14)10-16-6-4-5-7-18(16)20;/h4-7H,8-13,21H2,1-3H3;1H. The smallest absolute Gasteiger partial charge is 0.0677 e. The zero-order chi connectivity index (χ0) is 17.3. The Morgan fingerprint density at radius 1 is 1.24 bits per heavy atom. The summed E-state index contributed by atoms with van der Waals surface area (Å²) in [5.74, 6) is 0. The topological polar surface area (TPSA) is 47.1 Å². The van der Waals surface area contributed by atoms with Crippen LogP contribution in [0.1, 0.15) is 35.9 Å².